The van der Waals surface area contributed by atoms with Crippen molar-refractivity contribution in [3.05, 3.63) is 34.1 Å². The summed E-state index contributed by atoms with van der Waals surface area (Å²) in [6.07, 6.45) is 3.61. The zero-order valence-corrected chi connectivity index (χ0v) is 11.4. The van der Waals surface area contributed by atoms with Gasteiger partial charge in [0.2, 0.25) is 0 Å². The molecule has 1 aromatic carbocycles. The summed E-state index contributed by atoms with van der Waals surface area (Å²) < 4.78 is 13.9. The molecule has 1 saturated carbocycles. The van der Waals surface area contributed by atoms with Crippen molar-refractivity contribution in [3.63, 3.8) is 0 Å². The summed E-state index contributed by atoms with van der Waals surface area (Å²) in [4.78, 5) is 9.97. The molecule has 1 aliphatic rings. The first kappa shape index (κ1) is 14.7. The summed E-state index contributed by atoms with van der Waals surface area (Å²) in [5, 5.41) is 23.3. The predicted molar refractivity (Wildman–Crippen MR) is 74.1 cm³/mol. The number of rotatable bonds is 4. The van der Waals surface area contributed by atoms with E-state index in [0.717, 1.165) is 31.7 Å². The molecule has 1 fully saturated rings. The molecule has 0 heterocycles. The summed E-state index contributed by atoms with van der Waals surface area (Å²) in [6, 6.07) is 3.53. The normalized spacial score (nSPS) is 26.2. The van der Waals surface area contributed by atoms with Crippen molar-refractivity contribution in [2.24, 2.45) is 5.92 Å². The number of hydrogen-bond donors (Lipinski definition) is 2. The minimum absolute atomic E-state index is 0.0756. The van der Waals surface area contributed by atoms with Gasteiger partial charge in [-0.05, 0) is 24.8 Å². The van der Waals surface area contributed by atoms with Crippen LogP contribution in [0, 0.1) is 21.8 Å². The molecular formula is C14H19FN2O3. The highest BCUT2D eigenvalue weighted by molar-refractivity contribution is 5.52. The Morgan fingerprint density at radius 2 is 2.35 bits per heavy atom. The van der Waals surface area contributed by atoms with E-state index >= 15 is 0 Å². The molecule has 20 heavy (non-hydrogen) atoms. The molecule has 2 N–H and O–H groups in total. The minimum Gasteiger partial charge on any atom is -0.394 e. The fourth-order valence-corrected chi connectivity index (χ4v) is 2.96. The molecule has 1 aliphatic carbocycles. The number of nitro groups is 1. The molecule has 2 rings (SSSR count). The van der Waals surface area contributed by atoms with E-state index in [2.05, 4.69) is 12.2 Å². The Morgan fingerprint density at radius 1 is 1.60 bits per heavy atom. The van der Waals surface area contributed by atoms with Crippen LogP contribution >= 0.6 is 0 Å². The van der Waals surface area contributed by atoms with Crippen LogP contribution in [0.4, 0.5) is 15.8 Å². The van der Waals surface area contributed by atoms with Crippen LogP contribution in [0.3, 0.4) is 0 Å². The van der Waals surface area contributed by atoms with Gasteiger partial charge in [-0.3, -0.25) is 10.1 Å². The van der Waals surface area contributed by atoms with Gasteiger partial charge >= 0.3 is 0 Å². The predicted octanol–water partition coefficient (Wildman–Crippen LogP) is 3.09. The van der Waals surface area contributed by atoms with Crippen molar-refractivity contribution in [3.8, 4) is 0 Å². The Kier molecular flexibility index (Phi) is 4.23. The fourth-order valence-electron chi connectivity index (χ4n) is 2.96. The van der Waals surface area contributed by atoms with Crippen molar-refractivity contribution in [1.82, 2.24) is 0 Å². The Morgan fingerprint density at radius 3 is 2.90 bits per heavy atom. The first-order valence-electron chi connectivity index (χ1n) is 6.79. The highest BCUT2D eigenvalue weighted by Crippen LogP contribution is 2.35. The lowest BCUT2D eigenvalue weighted by molar-refractivity contribution is -0.385. The fraction of sp³-hybridized carbons (Fsp3) is 0.571. The number of halogens is 1. The van der Waals surface area contributed by atoms with E-state index in [4.69, 9.17) is 0 Å². The van der Waals surface area contributed by atoms with Crippen LogP contribution < -0.4 is 5.32 Å². The van der Waals surface area contributed by atoms with Crippen LogP contribution in [0.15, 0.2) is 18.2 Å². The van der Waals surface area contributed by atoms with Crippen LogP contribution in [0.1, 0.15) is 32.6 Å². The monoisotopic (exact) mass is 282 g/mol. The maximum Gasteiger partial charge on any atom is 0.272 e. The Labute approximate surface area is 117 Å². The standard InChI is InChI=1S/C14H19FN2O3/c1-10-3-2-6-14(8-10,9-18)16-13-5-4-11(17(19)20)7-12(13)15/h4-5,7,10,16,18H,2-3,6,8-9H2,1H3. The second kappa shape index (κ2) is 5.75. The number of aliphatic hydroxyl groups excluding tert-OH is 1. The molecule has 0 aromatic heterocycles. The highest BCUT2D eigenvalue weighted by atomic mass is 19.1. The van der Waals surface area contributed by atoms with Crippen LogP contribution in [0.25, 0.3) is 0 Å². The van der Waals surface area contributed by atoms with E-state index in [1.54, 1.807) is 0 Å². The number of nitrogens with zero attached hydrogens (tertiary/aromatic N) is 1. The van der Waals surface area contributed by atoms with Gasteiger partial charge in [0.05, 0.1) is 28.8 Å². The van der Waals surface area contributed by atoms with Gasteiger partial charge < -0.3 is 10.4 Å². The van der Waals surface area contributed by atoms with Crippen molar-refractivity contribution < 1.29 is 14.4 Å². The smallest absolute Gasteiger partial charge is 0.272 e. The lowest BCUT2D eigenvalue weighted by Gasteiger charge is -2.40. The van der Waals surface area contributed by atoms with Crippen LogP contribution in [0.2, 0.25) is 0 Å². The zero-order chi connectivity index (χ0) is 14.8. The number of non-ortho nitro benzene ring substituents is 1. The third-order valence-corrected chi connectivity index (χ3v) is 3.96. The number of nitrogens with one attached hydrogen (secondary N) is 1. The molecule has 0 aliphatic heterocycles. The first-order chi connectivity index (χ1) is 9.46. The summed E-state index contributed by atoms with van der Waals surface area (Å²) >= 11 is 0. The molecule has 0 radical (unpaired) electrons. The number of hydrogen-bond acceptors (Lipinski definition) is 4. The molecule has 6 heteroatoms. The van der Waals surface area contributed by atoms with Crippen molar-refractivity contribution in [2.45, 2.75) is 38.1 Å². The van der Waals surface area contributed by atoms with Gasteiger partial charge in [0.15, 0.2) is 5.82 Å². The number of anilines is 1. The van der Waals surface area contributed by atoms with E-state index < -0.39 is 16.3 Å². The molecule has 0 bridgehead atoms. The van der Waals surface area contributed by atoms with Crippen LogP contribution in [-0.4, -0.2) is 22.2 Å². The van der Waals surface area contributed by atoms with Crippen molar-refractivity contribution in [2.75, 3.05) is 11.9 Å². The quantitative estimate of drug-likeness (QED) is 0.657. The maximum absolute atomic E-state index is 13.9. The van der Waals surface area contributed by atoms with Gasteiger partial charge in [0.1, 0.15) is 0 Å². The SMILES string of the molecule is CC1CCCC(CO)(Nc2ccc([N+](=O)[O-])cc2F)C1. The molecule has 0 amide bonds. The molecule has 0 saturated heterocycles. The van der Waals surface area contributed by atoms with E-state index in [-0.39, 0.29) is 18.0 Å². The Hall–Kier alpha value is -1.69. The summed E-state index contributed by atoms with van der Waals surface area (Å²) in [5.41, 5.74) is -0.601. The molecule has 2 unspecified atom stereocenters. The van der Waals surface area contributed by atoms with Crippen molar-refractivity contribution >= 4 is 11.4 Å². The number of nitro benzene ring substituents is 1. The Bertz CT molecular complexity index is 509. The average molecular weight is 282 g/mol. The second-order valence-corrected chi connectivity index (χ2v) is 5.69. The Balaban J connectivity index is 2.21. The zero-order valence-electron chi connectivity index (χ0n) is 11.4. The van der Waals surface area contributed by atoms with Gasteiger partial charge in [-0.2, -0.15) is 0 Å². The number of aliphatic hydroxyl groups is 1. The summed E-state index contributed by atoms with van der Waals surface area (Å²) in [6.45, 7) is 2.03. The molecule has 5 nitrogen and oxygen atoms in total. The highest BCUT2D eigenvalue weighted by Gasteiger charge is 2.35. The van der Waals surface area contributed by atoms with E-state index in [9.17, 15) is 19.6 Å². The molecule has 110 valence electrons. The lowest BCUT2D eigenvalue weighted by atomic mass is 9.76. The van der Waals surface area contributed by atoms with Gasteiger partial charge in [-0.1, -0.05) is 19.8 Å². The van der Waals surface area contributed by atoms with E-state index in [1.165, 1.54) is 12.1 Å². The topological polar surface area (TPSA) is 75.4 Å². The summed E-state index contributed by atoms with van der Waals surface area (Å²) in [5.74, 6) is -0.199. The van der Waals surface area contributed by atoms with Gasteiger partial charge in [-0.15, -0.1) is 0 Å². The van der Waals surface area contributed by atoms with Crippen molar-refractivity contribution in [1.29, 1.82) is 0 Å². The molecule has 0 spiro atoms. The second-order valence-electron chi connectivity index (χ2n) is 5.69. The van der Waals surface area contributed by atoms with Crippen LogP contribution in [0.5, 0.6) is 0 Å². The maximum atomic E-state index is 13.9. The molecular weight excluding hydrogens is 263 g/mol. The van der Waals surface area contributed by atoms with E-state index in [1.807, 2.05) is 0 Å². The average Bonchev–Trinajstić information content (AvgIpc) is 2.41. The van der Waals surface area contributed by atoms with Gasteiger partial charge in [0, 0.05) is 6.07 Å². The third kappa shape index (κ3) is 3.07. The largest absolute Gasteiger partial charge is 0.394 e. The summed E-state index contributed by atoms with van der Waals surface area (Å²) in [7, 11) is 0. The van der Waals surface area contributed by atoms with E-state index in [0.29, 0.717) is 5.92 Å². The number of benzene rings is 1. The van der Waals surface area contributed by atoms with Gasteiger partial charge in [-0.25, -0.2) is 4.39 Å². The molecule has 2 atom stereocenters. The minimum atomic E-state index is -0.662. The third-order valence-electron chi connectivity index (χ3n) is 3.96. The van der Waals surface area contributed by atoms with Gasteiger partial charge in [0.25, 0.3) is 5.69 Å². The van der Waals surface area contributed by atoms with Crippen LogP contribution in [-0.2, 0) is 0 Å². The first-order valence-corrected chi connectivity index (χ1v) is 6.79. The lowest BCUT2D eigenvalue weighted by Crippen LogP contribution is -2.46. The molecule has 1 aromatic rings.